The number of benzene rings is 7. The van der Waals surface area contributed by atoms with Crippen molar-refractivity contribution < 1.29 is 13.0 Å². The lowest BCUT2D eigenvalue weighted by Crippen LogP contribution is -2.16. The predicted molar refractivity (Wildman–Crippen MR) is 220 cm³/mol. The van der Waals surface area contributed by atoms with Crippen molar-refractivity contribution in [2.75, 3.05) is 18.8 Å². The van der Waals surface area contributed by atoms with E-state index in [2.05, 4.69) is 128 Å². The highest BCUT2D eigenvalue weighted by Gasteiger charge is 2.41. The van der Waals surface area contributed by atoms with Crippen LogP contribution in [0.15, 0.2) is 243 Å². The molecule has 0 aliphatic carbocycles. The fourth-order valence-corrected chi connectivity index (χ4v) is 18.4. The molecule has 0 radical (unpaired) electrons. The molecule has 0 saturated heterocycles. The van der Waals surface area contributed by atoms with Crippen molar-refractivity contribution in [2.45, 2.75) is 49.0 Å². The molecule has 3 nitrogen and oxygen atoms in total. The monoisotopic (exact) mass is 758 g/mol. The van der Waals surface area contributed by atoms with Gasteiger partial charge in [0.25, 0.3) is 10.1 Å². The Bertz CT molecular complexity index is 2160. The lowest BCUT2D eigenvalue weighted by atomic mass is 10.3. The van der Waals surface area contributed by atoms with Crippen LogP contribution in [0.4, 0.5) is 0 Å². The zero-order chi connectivity index (χ0) is 36.4. The van der Waals surface area contributed by atoms with Gasteiger partial charge in [0.2, 0.25) is 0 Å². The van der Waals surface area contributed by atoms with Crippen LogP contribution in [0.5, 0.6) is 0 Å². The second-order valence-corrected chi connectivity index (χ2v) is 23.9. The summed E-state index contributed by atoms with van der Waals surface area (Å²) >= 11 is 0. The van der Waals surface area contributed by atoms with E-state index in [0.717, 1.165) is 34.3 Å². The zero-order valence-electron chi connectivity index (χ0n) is 29.4. The second kappa shape index (κ2) is 14.5. The number of hydrogen-bond donors (Lipinski definition) is 1. The summed E-state index contributed by atoms with van der Waals surface area (Å²) in [6, 6.07) is 66.0. The van der Waals surface area contributed by atoms with Gasteiger partial charge in [-0.15, -0.1) is 0 Å². The molecule has 0 bridgehead atoms. The smallest absolute Gasteiger partial charge is 0.282 e. The Morgan fingerprint density at radius 2 is 0.538 bits per heavy atom. The summed E-state index contributed by atoms with van der Waals surface area (Å²) in [6.07, 6.45) is 6.65. The highest BCUT2D eigenvalue weighted by Crippen LogP contribution is 2.75. The molecule has 0 fully saturated rings. The summed E-state index contributed by atoms with van der Waals surface area (Å²) in [6.45, 7) is 0. The highest BCUT2D eigenvalue weighted by molar-refractivity contribution is 8.35. The minimum Gasteiger partial charge on any atom is -0.282 e. The van der Waals surface area contributed by atoms with Gasteiger partial charge in [0.1, 0.15) is 4.90 Å². The molecular weight excluding hydrogens is 717 g/mol. The third-order valence-electron chi connectivity index (χ3n) is 9.89. The maximum absolute atomic E-state index is 14.4. The Balaban J connectivity index is 1.74. The molecule has 0 amide bonds. The molecule has 264 valence electrons. The first-order chi connectivity index (χ1) is 25.1. The van der Waals surface area contributed by atoms with Gasteiger partial charge in [0.15, 0.2) is 0 Å². The molecular formula is C45H42O3S4. The normalized spacial score (nSPS) is 13.3. The maximum atomic E-state index is 14.4. The topological polar surface area (TPSA) is 54.4 Å². The Kier molecular flexibility index (Phi) is 10.0. The molecule has 52 heavy (non-hydrogen) atoms. The van der Waals surface area contributed by atoms with Crippen molar-refractivity contribution in [3.8, 4) is 0 Å². The minimum absolute atomic E-state index is 0.00506. The molecule has 1 N–H and O–H groups in total. The molecule has 0 heterocycles. The van der Waals surface area contributed by atoms with E-state index in [9.17, 15) is 13.0 Å². The van der Waals surface area contributed by atoms with Gasteiger partial charge in [-0.1, -0.05) is 109 Å². The van der Waals surface area contributed by atoms with E-state index in [4.69, 9.17) is 0 Å². The van der Waals surface area contributed by atoms with Crippen LogP contribution >= 0.6 is 30.1 Å². The third-order valence-corrected chi connectivity index (χ3v) is 22.0. The van der Waals surface area contributed by atoms with Crippen molar-refractivity contribution in [2.24, 2.45) is 0 Å². The first-order valence-corrected chi connectivity index (χ1v) is 24.5. The largest absolute Gasteiger partial charge is 0.296 e. The van der Waals surface area contributed by atoms with E-state index in [1.54, 1.807) is 0 Å². The van der Waals surface area contributed by atoms with Gasteiger partial charge in [0.05, 0.1) is 0 Å². The van der Waals surface area contributed by atoms with E-state index >= 15 is 0 Å². The lowest BCUT2D eigenvalue weighted by Gasteiger charge is -2.45. The zero-order valence-corrected chi connectivity index (χ0v) is 32.6. The molecule has 0 spiro atoms. The van der Waals surface area contributed by atoms with Gasteiger partial charge < -0.3 is 0 Å². The molecule has 7 rings (SSSR count). The average Bonchev–Trinajstić information content (AvgIpc) is 3.21. The van der Waals surface area contributed by atoms with Crippen LogP contribution in [0.2, 0.25) is 0 Å². The summed E-state index contributed by atoms with van der Waals surface area (Å²) in [5, 5.41) is 0. The minimum atomic E-state index is -4.80. The van der Waals surface area contributed by atoms with Gasteiger partial charge >= 0.3 is 0 Å². The van der Waals surface area contributed by atoms with Gasteiger partial charge in [-0.2, -0.15) is 38.5 Å². The van der Waals surface area contributed by atoms with Crippen LogP contribution in [-0.4, -0.2) is 31.7 Å². The second-order valence-electron chi connectivity index (χ2n) is 12.9. The molecule has 0 aromatic heterocycles. The van der Waals surface area contributed by atoms with Crippen molar-refractivity contribution >= 4 is 40.2 Å². The fourth-order valence-electron chi connectivity index (χ4n) is 6.99. The van der Waals surface area contributed by atoms with Crippen LogP contribution < -0.4 is 0 Å². The summed E-state index contributed by atoms with van der Waals surface area (Å²) in [5.41, 5.74) is 0. The Labute approximate surface area is 313 Å². The van der Waals surface area contributed by atoms with E-state index in [-0.39, 0.29) is 4.90 Å². The first-order valence-electron chi connectivity index (χ1n) is 16.9. The average molecular weight is 759 g/mol. The van der Waals surface area contributed by atoms with Gasteiger partial charge in [-0.25, -0.2) is 0 Å². The molecule has 0 aliphatic rings. The van der Waals surface area contributed by atoms with E-state index in [1.165, 1.54) is 0 Å². The van der Waals surface area contributed by atoms with Crippen molar-refractivity contribution in [3.05, 3.63) is 194 Å². The van der Waals surface area contributed by atoms with Crippen molar-refractivity contribution in [3.63, 3.8) is 0 Å². The molecule has 0 aliphatic heterocycles. The molecule has 0 unspecified atom stereocenters. The maximum Gasteiger partial charge on any atom is 0.296 e. The summed E-state index contributed by atoms with van der Waals surface area (Å²) in [4.78, 5) is 8.58. The summed E-state index contributed by atoms with van der Waals surface area (Å²) < 4.78 is 40.5. The van der Waals surface area contributed by atoms with Crippen molar-refractivity contribution in [1.29, 1.82) is 0 Å². The molecule has 0 atom stereocenters. The van der Waals surface area contributed by atoms with Gasteiger partial charge in [-0.3, -0.25) is 4.55 Å². The fraction of sp³-hybridized carbons (Fsp3) is 0.0667. The molecule has 7 aromatic rings. The standard InChI is InChI=1S/C45H42O3S4/c1-49(36-22-10-4-11-23-36,37-24-12-5-13-25-37)42-34-43(50(2,38-26-14-6-15-27-38)39-28-16-7-17-29-39)45(52(46,47)48)44(35-42)51(3,40-30-18-8-19-31-40)41-32-20-9-21-33-41/h4-35H,1-3H3,(H,46,47,48). The van der Waals surface area contributed by atoms with Gasteiger partial charge in [0, 0.05) is 14.7 Å². The number of hydrogen-bond acceptors (Lipinski definition) is 2. The SMILES string of the molecule is CS(c1ccccc1)(c1ccccc1)c1cc(S(C)(c2ccccc2)c2ccccc2)c(S(=O)(=O)O)c(S(C)(c2ccccc2)c2ccccc2)c1. The van der Waals surface area contributed by atoms with Crippen LogP contribution in [0.3, 0.4) is 0 Å². The number of rotatable bonds is 10. The molecule has 7 heteroatoms. The molecule has 0 saturated carbocycles. The predicted octanol–water partition coefficient (Wildman–Crippen LogP) is 12.7. The van der Waals surface area contributed by atoms with Crippen LogP contribution in [-0.2, 0) is 10.1 Å². The summed E-state index contributed by atoms with van der Waals surface area (Å²) in [5.74, 6) is 0. The Morgan fingerprint density at radius 3 is 0.750 bits per heavy atom. The van der Waals surface area contributed by atoms with Gasteiger partial charge in [-0.05, 0) is 133 Å². The van der Waals surface area contributed by atoms with Crippen LogP contribution in [0.25, 0.3) is 0 Å². The molecule has 7 aromatic carbocycles. The van der Waals surface area contributed by atoms with Crippen LogP contribution in [0, 0.1) is 0 Å². The first kappa shape index (κ1) is 35.9. The third kappa shape index (κ3) is 6.31. The lowest BCUT2D eigenvalue weighted by molar-refractivity contribution is 0.478. The highest BCUT2D eigenvalue weighted by atomic mass is 32.3. The van der Waals surface area contributed by atoms with E-state index < -0.39 is 40.2 Å². The van der Waals surface area contributed by atoms with Crippen LogP contribution in [0.1, 0.15) is 0 Å². The van der Waals surface area contributed by atoms with E-state index in [0.29, 0.717) is 9.79 Å². The van der Waals surface area contributed by atoms with Crippen molar-refractivity contribution in [1.82, 2.24) is 0 Å². The Morgan fingerprint density at radius 1 is 0.327 bits per heavy atom. The Hall–Kier alpha value is -4.50. The summed E-state index contributed by atoms with van der Waals surface area (Å²) in [7, 11) is -11.4. The van der Waals surface area contributed by atoms with E-state index in [1.807, 2.05) is 84.9 Å². The quantitative estimate of drug-likeness (QED) is 0.141.